The lowest BCUT2D eigenvalue weighted by molar-refractivity contribution is 1.36. The van der Waals surface area contributed by atoms with Gasteiger partial charge in [0.15, 0.2) is 0 Å². The average Bonchev–Trinajstić information content (AvgIpc) is 2.54. The number of hydrogen-bond donors (Lipinski definition) is 6. The molecule has 0 aliphatic rings. The van der Waals surface area contributed by atoms with Crippen LogP contribution in [0.25, 0.3) is 0 Å². The minimum absolute atomic E-state index is 0. The molecular weight excluding hydrogens is 308 g/mol. The SMILES string of the molecule is N.N.Nc1ccc(Nc2c(Nc3ccc(N)cc3)c(=O)c2=O)cc1. The first-order valence-corrected chi connectivity index (χ1v) is 6.63. The van der Waals surface area contributed by atoms with E-state index < -0.39 is 10.9 Å². The maximum Gasteiger partial charge on any atom is 0.253 e. The minimum Gasteiger partial charge on any atom is -0.399 e. The van der Waals surface area contributed by atoms with Crippen molar-refractivity contribution in [1.82, 2.24) is 12.3 Å². The van der Waals surface area contributed by atoms with Crippen LogP contribution in [0.5, 0.6) is 0 Å². The van der Waals surface area contributed by atoms with Gasteiger partial charge >= 0.3 is 0 Å². The molecule has 0 aliphatic carbocycles. The Kier molecular flexibility index (Phi) is 5.66. The van der Waals surface area contributed by atoms with Crippen LogP contribution in [0.1, 0.15) is 0 Å². The number of hydrogen-bond acceptors (Lipinski definition) is 8. The van der Waals surface area contributed by atoms with E-state index in [0.717, 1.165) is 0 Å². The molecule has 3 rings (SSSR count). The molecule has 0 bridgehead atoms. The van der Waals surface area contributed by atoms with Crippen molar-refractivity contribution in [1.29, 1.82) is 0 Å². The second-order valence-electron chi connectivity index (χ2n) is 4.90. The summed E-state index contributed by atoms with van der Waals surface area (Å²) in [6.45, 7) is 0. The summed E-state index contributed by atoms with van der Waals surface area (Å²) >= 11 is 0. The van der Waals surface area contributed by atoms with Crippen LogP contribution < -0.4 is 45.3 Å². The van der Waals surface area contributed by atoms with Gasteiger partial charge in [0.1, 0.15) is 11.4 Å². The van der Waals surface area contributed by atoms with Gasteiger partial charge in [0.05, 0.1) is 0 Å². The molecule has 126 valence electrons. The highest BCUT2D eigenvalue weighted by Crippen LogP contribution is 2.24. The lowest BCUT2D eigenvalue weighted by atomic mass is 10.1. The fourth-order valence-electron chi connectivity index (χ4n) is 2.05. The molecule has 0 saturated heterocycles. The molecule has 3 aromatic carbocycles. The predicted molar refractivity (Wildman–Crippen MR) is 99.7 cm³/mol. The Morgan fingerprint density at radius 2 is 0.875 bits per heavy atom. The smallest absolute Gasteiger partial charge is 0.253 e. The lowest BCUT2D eigenvalue weighted by Gasteiger charge is -2.15. The van der Waals surface area contributed by atoms with E-state index in [2.05, 4.69) is 10.6 Å². The molecule has 24 heavy (non-hydrogen) atoms. The third-order valence-corrected chi connectivity index (χ3v) is 3.27. The Morgan fingerprint density at radius 1 is 0.583 bits per heavy atom. The van der Waals surface area contributed by atoms with Crippen molar-refractivity contribution in [3.8, 4) is 0 Å². The Labute approximate surface area is 138 Å². The molecule has 0 spiro atoms. The predicted octanol–water partition coefficient (Wildman–Crippen LogP) is 2.26. The first-order chi connectivity index (χ1) is 10.5. The van der Waals surface area contributed by atoms with Crippen molar-refractivity contribution in [3.63, 3.8) is 0 Å². The summed E-state index contributed by atoms with van der Waals surface area (Å²) in [6.07, 6.45) is 0. The van der Waals surface area contributed by atoms with Gasteiger partial charge in [-0.15, -0.1) is 0 Å². The molecule has 0 unspecified atom stereocenters. The third kappa shape index (κ3) is 3.51. The van der Waals surface area contributed by atoms with E-state index in [-0.39, 0.29) is 23.7 Å². The maximum absolute atomic E-state index is 11.7. The molecule has 0 aliphatic heterocycles. The van der Waals surface area contributed by atoms with Gasteiger partial charge < -0.3 is 34.4 Å². The highest BCUT2D eigenvalue weighted by molar-refractivity contribution is 5.82. The standard InChI is InChI=1S/C16H14N4O2.2H3N/c17-9-1-5-11(6-2-9)19-13-14(16(22)15(13)21)20-12-7-3-10(18)4-8-12;;/h1-8,19-20H,17-18H2;2*1H3. The molecule has 0 atom stereocenters. The normalized spacial score (nSPS) is 9.67. The van der Waals surface area contributed by atoms with Crippen molar-refractivity contribution in [3.05, 3.63) is 69.0 Å². The van der Waals surface area contributed by atoms with E-state index >= 15 is 0 Å². The molecule has 3 aromatic rings. The number of benzene rings is 2. The maximum atomic E-state index is 11.7. The van der Waals surface area contributed by atoms with Crippen LogP contribution in [0.3, 0.4) is 0 Å². The molecule has 0 fully saturated rings. The van der Waals surface area contributed by atoms with Crippen LogP contribution in [0.4, 0.5) is 34.1 Å². The van der Waals surface area contributed by atoms with Crippen LogP contribution in [0.15, 0.2) is 58.1 Å². The molecule has 8 heteroatoms. The molecule has 0 aromatic heterocycles. The average molecular weight is 328 g/mol. The summed E-state index contributed by atoms with van der Waals surface area (Å²) in [5, 5.41) is 5.87. The van der Waals surface area contributed by atoms with Crippen LogP contribution in [0, 0.1) is 0 Å². The fourth-order valence-corrected chi connectivity index (χ4v) is 2.05. The number of nitrogen functional groups attached to an aromatic ring is 2. The van der Waals surface area contributed by atoms with Crippen LogP contribution in [-0.2, 0) is 0 Å². The molecule has 8 nitrogen and oxygen atoms in total. The van der Waals surface area contributed by atoms with Gasteiger partial charge in [0.2, 0.25) is 0 Å². The second kappa shape index (κ2) is 7.27. The molecule has 0 heterocycles. The summed E-state index contributed by atoms with van der Waals surface area (Å²) in [4.78, 5) is 23.5. The Bertz CT molecular complexity index is 805. The van der Waals surface area contributed by atoms with E-state index in [1.165, 1.54) is 0 Å². The van der Waals surface area contributed by atoms with Gasteiger partial charge in [-0.25, -0.2) is 0 Å². The minimum atomic E-state index is -0.547. The topological polar surface area (TPSA) is 180 Å². The Hall–Kier alpha value is -3.36. The van der Waals surface area contributed by atoms with E-state index in [4.69, 9.17) is 11.5 Å². The highest BCUT2D eigenvalue weighted by atomic mass is 16.2. The van der Waals surface area contributed by atoms with Gasteiger partial charge in [-0.05, 0) is 48.5 Å². The van der Waals surface area contributed by atoms with E-state index in [9.17, 15) is 9.59 Å². The van der Waals surface area contributed by atoms with Crippen LogP contribution >= 0.6 is 0 Å². The number of nitrogens with one attached hydrogen (secondary N) is 2. The van der Waals surface area contributed by atoms with Crippen LogP contribution in [0.2, 0.25) is 0 Å². The van der Waals surface area contributed by atoms with Crippen molar-refractivity contribution >= 4 is 34.1 Å². The summed E-state index contributed by atoms with van der Waals surface area (Å²) in [5.41, 5.74) is 13.2. The molecule has 0 saturated carbocycles. The van der Waals surface area contributed by atoms with Gasteiger partial charge in [0.25, 0.3) is 10.9 Å². The molecule has 0 amide bonds. The highest BCUT2D eigenvalue weighted by Gasteiger charge is 2.21. The first kappa shape index (κ1) is 18.7. The van der Waals surface area contributed by atoms with E-state index in [0.29, 0.717) is 22.7 Å². The molecule has 0 radical (unpaired) electrons. The van der Waals surface area contributed by atoms with Gasteiger partial charge in [-0.2, -0.15) is 0 Å². The second-order valence-corrected chi connectivity index (χ2v) is 4.90. The summed E-state index contributed by atoms with van der Waals surface area (Å²) in [6, 6.07) is 13.8. The molecule has 12 N–H and O–H groups in total. The largest absolute Gasteiger partial charge is 0.399 e. The Morgan fingerprint density at radius 3 is 1.17 bits per heavy atom. The fraction of sp³-hybridized carbons (Fsp3) is 0. The first-order valence-electron chi connectivity index (χ1n) is 6.63. The third-order valence-electron chi connectivity index (χ3n) is 3.27. The zero-order valence-electron chi connectivity index (χ0n) is 13.0. The zero-order chi connectivity index (χ0) is 15.7. The molecular formula is C16H20N6O2. The van der Waals surface area contributed by atoms with Crippen molar-refractivity contribution in [2.45, 2.75) is 0 Å². The van der Waals surface area contributed by atoms with Crippen molar-refractivity contribution in [2.24, 2.45) is 0 Å². The number of nitrogens with two attached hydrogens (primary N) is 2. The van der Waals surface area contributed by atoms with Gasteiger partial charge in [-0.3, -0.25) is 9.59 Å². The summed E-state index contributed by atoms with van der Waals surface area (Å²) in [5.74, 6) is 0. The lowest BCUT2D eigenvalue weighted by Crippen LogP contribution is -2.35. The quantitative estimate of drug-likeness (QED) is 0.311. The number of anilines is 6. The summed E-state index contributed by atoms with van der Waals surface area (Å²) < 4.78 is 0. The summed E-state index contributed by atoms with van der Waals surface area (Å²) in [7, 11) is 0. The van der Waals surface area contributed by atoms with Crippen molar-refractivity contribution in [2.75, 3.05) is 22.1 Å². The van der Waals surface area contributed by atoms with Crippen LogP contribution in [-0.4, -0.2) is 0 Å². The van der Waals surface area contributed by atoms with E-state index in [1.807, 2.05) is 0 Å². The zero-order valence-corrected chi connectivity index (χ0v) is 13.0. The number of rotatable bonds is 4. The van der Waals surface area contributed by atoms with Crippen molar-refractivity contribution < 1.29 is 0 Å². The monoisotopic (exact) mass is 328 g/mol. The van der Waals surface area contributed by atoms with E-state index in [1.54, 1.807) is 48.5 Å². The van der Waals surface area contributed by atoms with Gasteiger partial charge in [-0.1, -0.05) is 0 Å². The Balaban J connectivity index is 0.00000144. The van der Waals surface area contributed by atoms with Gasteiger partial charge in [0, 0.05) is 22.7 Å².